The molecule has 3 aromatic rings. The summed E-state index contributed by atoms with van der Waals surface area (Å²) in [6, 6.07) is 13.8. The van der Waals surface area contributed by atoms with Crippen molar-refractivity contribution in [2.45, 2.75) is 57.7 Å². The van der Waals surface area contributed by atoms with E-state index in [1.165, 1.54) is 53.4 Å². The minimum atomic E-state index is 0.636. The molecule has 1 aromatic heterocycles. The van der Waals surface area contributed by atoms with Crippen molar-refractivity contribution in [1.29, 1.82) is 0 Å². The molecule has 0 saturated heterocycles. The summed E-state index contributed by atoms with van der Waals surface area (Å²) in [7, 11) is 3.38. The van der Waals surface area contributed by atoms with Crippen LogP contribution in [0.1, 0.15) is 54.0 Å². The number of aromatic nitrogens is 1. The van der Waals surface area contributed by atoms with Crippen LogP contribution in [0, 0.1) is 6.92 Å². The first-order chi connectivity index (χ1) is 14.2. The molecule has 1 aliphatic heterocycles. The van der Waals surface area contributed by atoms with Gasteiger partial charge in [0, 0.05) is 41.6 Å². The molecule has 0 amide bonds. The van der Waals surface area contributed by atoms with E-state index in [-0.39, 0.29) is 0 Å². The van der Waals surface area contributed by atoms with E-state index in [1.54, 1.807) is 19.8 Å². The molecule has 1 fully saturated rings. The number of hydrogen-bond acceptors (Lipinski definition) is 3. The smallest absolute Gasteiger partial charge is 0.161 e. The molecule has 1 aliphatic carbocycles. The molecule has 2 aromatic carbocycles. The second kappa shape index (κ2) is 7.42. The van der Waals surface area contributed by atoms with Gasteiger partial charge < -0.3 is 19.4 Å². The van der Waals surface area contributed by atoms with Gasteiger partial charge in [-0.3, -0.25) is 0 Å². The average molecular weight is 391 g/mol. The van der Waals surface area contributed by atoms with E-state index < -0.39 is 0 Å². The van der Waals surface area contributed by atoms with Crippen LogP contribution in [0.2, 0.25) is 0 Å². The Bertz CT molecular complexity index is 1050. The number of hydrogen-bond donors (Lipinski definition) is 1. The molecule has 4 heteroatoms. The minimum absolute atomic E-state index is 0.636. The Morgan fingerprint density at radius 3 is 2.66 bits per heavy atom. The lowest BCUT2D eigenvalue weighted by Crippen LogP contribution is -2.41. The standard InChI is InChI=1S/C25H30N2O2/c1-16-8-10-21-19(12-16)25-18-6-4-5-7-20(18)26-14-22(25)27(21)15-17-9-11-23(28-2)24(13-17)29-3/h8-13,18,20,26H,4-7,14-15H2,1-3H3. The van der Waals surface area contributed by atoms with Crippen LogP contribution in [0.15, 0.2) is 36.4 Å². The van der Waals surface area contributed by atoms with Gasteiger partial charge in [-0.1, -0.05) is 30.5 Å². The van der Waals surface area contributed by atoms with Gasteiger partial charge in [-0.25, -0.2) is 0 Å². The fraction of sp³-hybridized carbons (Fsp3) is 0.440. The molecule has 2 atom stereocenters. The van der Waals surface area contributed by atoms with Crippen molar-refractivity contribution in [2.75, 3.05) is 14.2 Å². The summed E-state index contributed by atoms with van der Waals surface area (Å²) in [5, 5.41) is 5.31. The van der Waals surface area contributed by atoms with Crippen LogP contribution in [0.3, 0.4) is 0 Å². The quantitative estimate of drug-likeness (QED) is 0.670. The first-order valence-electron chi connectivity index (χ1n) is 10.8. The highest BCUT2D eigenvalue weighted by atomic mass is 16.5. The molecule has 2 heterocycles. The van der Waals surface area contributed by atoms with Gasteiger partial charge in [-0.15, -0.1) is 0 Å². The summed E-state index contributed by atoms with van der Waals surface area (Å²) in [5.74, 6) is 2.21. The van der Waals surface area contributed by atoms with Gasteiger partial charge in [0.1, 0.15) is 0 Å². The zero-order valence-electron chi connectivity index (χ0n) is 17.6. The van der Waals surface area contributed by atoms with Crippen molar-refractivity contribution >= 4 is 10.9 Å². The molecule has 0 bridgehead atoms. The number of rotatable bonds is 4. The van der Waals surface area contributed by atoms with Gasteiger partial charge >= 0.3 is 0 Å². The summed E-state index contributed by atoms with van der Waals surface area (Å²) in [4.78, 5) is 0. The van der Waals surface area contributed by atoms with Crippen molar-refractivity contribution in [3.05, 3.63) is 58.8 Å². The van der Waals surface area contributed by atoms with Crippen LogP contribution in [-0.2, 0) is 13.1 Å². The van der Waals surface area contributed by atoms with Gasteiger partial charge in [-0.05, 0) is 55.2 Å². The summed E-state index contributed by atoms with van der Waals surface area (Å²) >= 11 is 0. The first-order valence-corrected chi connectivity index (χ1v) is 10.8. The van der Waals surface area contributed by atoms with E-state index in [9.17, 15) is 0 Å². The van der Waals surface area contributed by atoms with E-state index in [0.29, 0.717) is 12.0 Å². The summed E-state index contributed by atoms with van der Waals surface area (Å²) in [6.07, 6.45) is 5.30. The van der Waals surface area contributed by atoms with Gasteiger partial charge in [0.05, 0.1) is 14.2 Å². The third kappa shape index (κ3) is 3.10. The van der Waals surface area contributed by atoms with E-state index >= 15 is 0 Å². The molecule has 1 saturated carbocycles. The molecule has 152 valence electrons. The first kappa shape index (κ1) is 18.6. The molecule has 0 radical (unpaired) electrons. The van der Waals surface area contributed by atoms with Crippen LogP contribution in [0.25, 0.3) is 10.9 Å². The highest BCUT2D eigenvalue weighted by Crippen LogP contribution is 2.43. The normalized spacial score (nSPS) is 20.9. The Morgan fingerprint density at radius 2 is 1.83 bits per heavy atom. The summed E-state index contributed by atoms with van der Waals surface area (Å²) in [6.45, 7) is 4.00. The van der Waals surface area contributed by atoms with E-state index in [1.807, 2.05) is 6.07 Å². The summed E-state index contributed by atoms with van der Waals surface area (Å²) in [5.41, 5.74) is 6.99. The van der Waals surface area contributed by atoms with Crippen LogP contribution < -0.4 is 14.8 Å². The average Bonchev–Trinajstić information content (AvgIpc) is 3.06. The highest BCUT2D eigenvalue weighted by Gasteiger charge is 2.35. The zero-order chi connectivity index (χ0) is 20.0. The minimum Gasteiger partial charge on any atom is -0.493 e. The molecule has 2 aliphatic rings. The Labute approximate surface area is 172 Å². The van der Waals surface area contributed by atoms with Crippen molar-refractivity contribution in [1.82, 2.24) is 9.88 Å². The third-order valence-electron chi connectivity index (χ3n) is 6.83. The second-order valence-corrected chi connectivity index (χ2v) is 8.53. The zero-order valence-corrected chi connectivity index (χ0v) is 17.6. The Kier molecular flexibility index (Phi) is 4.75. The predicted molar refractivity (Wildman–Crippen MR) is 117 cm³/mol. The fourth-order valence-corrected chi connectivity index (χ4v) is 5.44. The predicted octanol–water partition coefficient (Wildman–Crippen LogP) is 5.14. The molecular weight excluding hydrogens is 360 g/mol. The number of ether oxygens (including phenoxy) is 2. The maximum atomic E-state index is 5.54. The van der Waals surface area contributed by atoms with Crippen molar-refractivity contribution < 1.29 is 9.47 Å². The lowest BCUT2D eigenvalue weighted by atomic mass is 9.77. The lowest BCUT2D eigenvalue weighted by Gasteiger charge is -2.37. The summed E-state index contributed by atoms with van der Waals surface area (Å²) < 4.78 is 13.5. The van der Waals surface area contributed by atoms with Gasteiger partial charge in [0.2, 0.25) is 0 Å². The molecule has 5 rings (SSSR count). The molecular formula is C25H30N2O2. The van der Waals surface area contributed by atoms with Crippen molar-refractivity contribution in [2.24, 2.45) is 0 Å². The number of benzene rings is 2. The Balaban J connectivity index is 1.63. The lowest BCUT2D eigenvalue weighted by molar-refractivity contribution is 0.305. The van der Waals surface area contributed by atoms with Crippen LogP contribution in [-0.4, -0.2) is 24.8 Å². The molecule has 0 spiro atoms. The van der Waals surface area contributed by atoms with E-state index in [2.05, 4.69) is 47.1 Å². The number of nitrogens with zero attached hydrogens (tertiary/aromatic N) is 1. The largest absolute Gasteiger partial charge is 0.493 e. The number of aryl methyl sites for hydroxylation is 1. The van der Waals surface area contributed by atoms with Crippen LogP contribution in [0.4, 0.5) is 0 Å². The Hall–Kier alpha value is -2.46. The van der Waals surface area contributed by atoms with Crippen molar-refractivity contribution in [3.63, 3.8) is 0 Å². The SMILES string of the molecule is COc1ccc(Cn2c3c(c4cc(C)ccc42)C2CCCCC2NC3)cc1OC. The third-order valence-corrected chi connectivity index (χ3v) is 6.83. The molecule has 29 heavy (non-hydrogen) atoms. The maximum absolute atomic E-state index is 5.54. The highest BCUT2D eigenvalue weighted by molar-refractivity contribution is 5.87. The maximum Gasteiger partial charge on any atom is 0.161 e. The fourth-order valence-electron chi connectivity index (χ4n) is 5.44. The monoisotopic (exact) mass is 390 g/mol. The topological polar surface area (TPSA) is 35.4 Å². The van der Waals surface area contributed by atoms with Gasteiger partial charge in [0.25, 0.3) is 0 Å². The number of fused-ring (bicyclic) bond motifs is 5. The van der Waals surface area contributed by atoms with E-state index in [4.69, 9.17) is 9.47 Å². The molecule has 1 N–H and O–H groups in total. The molecule has 4 nitrogen and oxygen atoms in total. The van der Waals surface area contributed by atoms with Crippen molar-refractivity contribution in [3.8, 4) is 11.5 Å². The van der Waals surface area contributed by atoms with Gasteiger partial charge in [0.15, 0.2) is 11.5 Å². The molecule has 2 unspecified atom stereocenters. The number of methoxy groups -OCH3 is 2. The van der Waals surface area contributed by atoms with Crippen LogP contribution in [0.5, 0.6) is 11.5 Å². The number of nitrogens with one attached hydrogen (secondary N) is 1. The second-order valence-electron chi connectivity index (χ2n) is 8.53. The van der Waals surface area contributed by atoms with Gasteiger partial charge in [-0.2, -0.15) is 0 Å². The Morgan fingerprint density at radius 1 is 1.00 bits per heavy atom. The van der Waals surface area contributed by atoms with Crippen LogP contribution >= 0.6 is 0 Å². The van der Waals surface area contributed by atoms with E-state index in [0.717, 1.165) is 24.6 Å².